The molecule has 0 amide bonds. The van der Waals surface area contributed by atoms with Crippen LogP contribution in [0.2, 0.25) is 0 Å². The van der Waals surface area contributed by atoms with Crippen LogP contribution < -0.4 is 11.2 Å². The van der Waals surface area contributed by atoms with E-state index in [1.165, 1.54) is 9.13 Å². The van der Waals surface area contributed by atoms with Crippen molar-refractivity contribution in [2.75, 3.05) is 5.88 Å². The van der Waals surface area contributed by atoms with E-state index in [2.05, 4.69) is 20.9 Å². The quantitative estimate of drug-likeness (QED) is 0.449. The van der Waals surface area contributed by atoms with Crippen LogP contribution in [0.3, 0.4) is 0 Å². The maximum absolute atomic E-state index is 13.2. The summed E-state index contributed by atoms with van der Waals surface area (Å²) in [7, 11) is 1.63. The summed E-state index contributed by atoms with van der Waals surface area (Å²) in [4.78, 5) is 30.5. The molecule has 4 aromatic rings. The summed E-state index contributed by atoms with van der Waals surface area (Å²) in [5, 5.41) is 0. The van der Waals surface area contributed by atoms with Crippen LogP contribution in [0.25, 0.3) is 16.9 Å². The predicted molar refractivity (Wildman–Crippen MR) is 109 cm³/mol. The average Bonchev–Trinajstić information content (AvgIpc) is 3.15. The number of rotatable bonds is 4. The zero-order valence-corrected chi connectivity index (χ0v) is 17.2. The fourth-order valence-electron chi connectivity index (χ4n) is 3.33. The zero-order valence-electron chi connectivity index (χ0n) is 14.8. The van der Waals surface area contributed by atoms with Gasteiger partial charge in [-0.1, -0.05) is 28.1 Å². The highest BCUT2D eigenvalue weighted by molar-refractivity contribution is 9.10. The highest BCUT2D eigenvalue weighted by Gasteiger charge is 2.20. The third-order valence-corrected chi connectivity index (χ3v) is 5.40. The fourth-order valence-corrected chi connectivity index (χ4v) is 3.76. The summed E-state index contributed by atoms with van der Waals surface area (Å²) in [6.07, 6.45) is 1.85. The molecule has 7 nitrogen and oxygen atoms in total. The minimum atomic E-state index is -0.392. The first kappa shape index (κ1) is 18.1. The minimum Gasteiger partial charge on any atom is -0.313 e. The molecule has 0 aliphatic heterocycles. The van der Waals surface area contributed by atoms with Crippen molar-refractivity contribution >= 4 is 44.5 Å². The molecule has 0 aliphatic rings. The maximum atomic E-state index is 13.2. The van der Waals surface area contributed by atoms with Gasteiger partial charge in [-0.05, 0) is 24.6 Å². The van der Waals surface area contributed by atoms with Crippen molar-refractivity contribution < 1.29 is 0 Å². The molecule has 0 spiro atoms. The summed E-state index contributed by atoms with van der Waals surface area (Å²) >= 11 is 9.29. The number of alkyl halides is 1. The van der Waals surface area contributed by atoms with E-state index in [4.69, 9.17) is 11.6 Å². The van der Waals surface area contributed by atoms with Crippen LogP contribution in [0, 0.1) is 6.92 Å². The Morgan fingerprint density at radius 1 is 1.15 bits per heavy atom. The Hall–Kier alpha value is -2.32. The topological polar surface area (TPSA) is 66.2 Å². The number of imidazole rings is 2. The van der Waals surface area contributed by atoms with Crippen LogP contribution in [0.15, 0.2) is 44.5 Å². The molecule has 140 valence electrons. The van der Waals surface area contributed by atoms with Gasteiger partial charge in [0.25, 0.3) is 5.56 Å². The lowest BCUT2D eigenvalue weighted by Crippen LogP contribution is -2.39. The van der Waals surface area contributed by atoms with Gasteiger partial charge in [0.1, 0.15) is 0 Å². The number of benzene rings is 1. The van der Waals surface area contributed by atoms with E-state index in [0.717, 1.165) is 15.7 Å². The second-order valence-corrected chi connectivity index (χ2v) is 7.72. The second-order valence-electron chi connectivity index (χ2n) is 6.42. The number of hydrogen-bond donors (Lipinski definition) is 0. The average molecular weight is 451 g/mol. The Morgan fingerprint density at radius 3 is 2.52 bits per heavy atom. The Balaban J connectivity index is 1.99. The Bertz CT molecular complexity index is 1280. The molecular weight excluding hydrogens is 434 g/mol. The molecule has 0 N–H and O–H groups in total. The van der Waals surface area contributed by atoms with Crippen LogP contribution in [0.4, 0.5) is 0 Å². The second kappa shape index (κ2) is 6.69. The van der Waals surface area contributed by atoms with Crippen LogP contribution in [0.5, 0.6) is 0 Å². The van der Waals surface area contributed by atoms with Crippen LogP contribution in [-0.2, 0) is 20.1 Å². The summed E-state index contributed by atoms with van der Waals surface area (Å²) in [5.41, 5.74) is 1.83. The van der Waals surface area contributed by atoms with Gasteiger partial charge in [0, 0.05) is 35.8 Å². The van der Waals surface area contributed by atoms with Gasteiger partial charge >= 0.3 is 5.69 Å². The lowest BCUT2D eigenvalue weighted by Gasteiger charge is -2.08. The molecule has 3 heterocycles. The highest BCUT2D eigenvalue weighted by Crippen LogP contribution is 2.16. The van der Waals surface area contributed by atoms with Gasteiger partial charge in [-0.3, -0.25) is 18.3 Å². The van der Waals surface area contributed by atoms with Gasteiger partial charge in [-0.15, -0.1) is 11.6 Å². The van der Waals surface area contributed by atoms with Crippen molar-refractivity contribution in [1.29, 1.82) is 0 Å². The molecule has 0 fully saturated rings. The van der Waals surface area contributed by atoms with Gasteiger partial charge in [0.15, 0.2) is 11.2 Å². The summed E-state index contributed by atoms with van der Waals surface area (Å²) in [6.45, 7) is 2.72. The van der Waals surface area contributed by atoms with E-state index in [1.54, 1.807) is 11.4 Å². The fraction of sp³-hybridized carbons (Fsp3) is 0.278. The molecule has 0 unspecified atom stereocenters. The van der Waals surface area contributed by atoms with Crippen LogP contribution >= 0.6 is 27.5 Å². The van der Waals surface area contributed by atoms with E-state index in [9.17, 15) is 9.59 Å². The smallest absolute Gasteiger partial charge is 0.313 e. The summed E-state index contributed by atoms with van der Waals surface area (Å²) in [6, 6.07) is 7.53. The lowest BCUT2D eigenvalue weighted by atomic mass is 10.2. The molecule has 9 heteroatoms. The van der Waals surface area contributed by atoms with E-state index >= 15 is 0 Å². The number of fused-ring (bicyclic) bond motifs is 3. The van der Waals surface area contributed by atoms with Gasteiger partial charge in [0.2, 0.25) is 5.78 Å². The van der Waals surface area contributed by atoms with Gasteiger partial charge in [-0.2, -0.15) is 4.98 Å². The Kier molecular flexibility index (Phi) is 4.47. The van der Waals surface area contributed by atoms with E-state index in [0.29, 0.717) is 29.4 Å². The predicted octanol–water partition coefficient (Wildman–Crippen LogP) is 2.51. The molecule has 1 aromatic carbocycles. The number of hydrogen-bond acceptors (Lipinski definition) is 3. The molecular formula is C18H17BrClN5O2. The van der Waals surface area contributed by atoms with Crippen LogP contribution in [-0.4, -0.2) is 29.0 Å². The maximum Gasteiger partial charge on any atom is 0.332 e. The van der Waals surface area contributed by atoms with Gasteiger partial charge in [-0.25, -0.2) is 4.79 Å². The number of aryl methyl sites for hydroxylation is 3. The lowest BCUT2D eigenvalue weighted by molar-refractivity contribution is 0.656. The van der Waals surface area contributed by atoms with Crippen molar-refractivity contribution in [2.45, 2.75) is 20.0 Å². The third kappa shape index (κ3) is 2.83. The number of aromatic nitrogens is 5. The first-order valence-corrected chi connectivity index (χ1v) is 9.73. The first-order chi connectivity index (χ1) is 12.9. The summed E-state index contributed by atoms with van der Waals surface area (Å²) < 4.78 is 7.29. The molecule has 0 radical (unpaired) electrons. The molecule has 0 bridgehead atoms. The standard InChI is InChI=1S/C18H17BrClN5O2/c1-11-9-24-14-15(21-17(24)23(11)8-7-20)22(2)18(27)25(16(14)26)10-12-3-5-13(19)6-4-12/h3-6,9H,7-8,10H2,1-2H3. The first-order valence-electron chi connectivity index (χ1n) is 8.40. The molecule has 0 saturated heterocycles. The van der Waals surface area contributed by atoms with E-state index in [1.807, 2.05) is 42.0 Å². The molecule has 0 aliphatic carbocycles. The third-order valence-electron chi connectivity index (χ3n) is 4.70. The normalized spacial score (nSPS) is 11.7. The number of halogens is 2. The summed E-state index contributed by atoms with van der Waals surface area (Å²) in [5.74, 6) is 1.04. The van der Waals surface area contributed by atoms with Crippen molar-refractivity contribution in [3.05, 3.63) is 67.0 Å². The van der Waals surface area contributed by atoms with Gasteiger partial charge < -0.3 is 4.57 Å². The Morgan fingerprint density at radius 2 is 1.85 bits per heavy atom. The largest absolute Gasteiger partial charge is 0.332 e. The molecule has 0 saturated carbocycles. The SMILES string of the molecule is Cc1cn2c3c(=O)n(Cc4ccc(Br)cc4)c(=O)n(C)c3nc2n1CCCl. The van der Waals surface area contributed by atoms with E-state index in [-0.39, 0.29) is 12.1 Å². The van der Waals surface area contributed by atoms with Crippen LogP contribution in [0.1, 0.15) is 11.3 Å². The molecule has 3 aromatic heterocycles. The zero-order chi connectivity index (χ0) is 19.3. The van der Waals surface area contributed by atoms with Crippen molar-refractivity contribution in [3.8, 4) is 0 Å². The van der Waals surface area contributed by atoms with Crippen molar-refractivity contribution in [2.24, 2.45) is 7.05 Å². The molecule has 0 atom stereocenters. The highest BCUT2D eigenvalue weighted by atomic mass is 79.9. The van der Waals surface area contributed by atoms with E-state index < -0.39 is 5.69 Å². The van der Waals surface area contributed by atoms with Crippen molar-refractivity contribution in [1.82, 2.24) is 23.1 Å². The van der Waals surface area contributed by atoms with Gasteiger partial charge in [0.05, 0.1) is 6.54 Å². The molecule has 4 rings (SSSR count). The Labute approximate surface area is 167 Å². The monoisotopic (exact) mass is 449 g/mol. The molecule has 27 heavy (non-hydrogen) atoms. The number of nitrogens with zero attached hydrogens (tertiary/aromatic N) is 5. The minimum absolute atomic E-state index is 0.198. The van der Waals surface area contributed by atoms with Crippen molar-refractivity contribution in [3.63, 3.8) is 0 Å².